The molecule has 0 amide bonds. The minimum absolute atomic E-state index is 0. The average molecular weight is 299 g/mol. The number of rotatable bonds is 6. The van der Waals surface area contributed by atoms with Gasteiger partial charge < -0.3 is 5.73 Å². The number of halogens is 2. The summed E-state index contributed by atoms with van der Waals surface area (Å²) in [5.74, 6) is 0. The number of nitrogens with one attached hydrogen (secondary N) is 1. The highest BCUT2D eigenvalue weighted by atomic mass is 35.5. The Morgan fingerprint density at radius 2 is 2.00 bits per heavy atom. The van der Waals surface area contributed by atoms with Gasteiger partial charge in [0.2, 0.25) is 10.0 Å². The van der Waals surface area contributed by atoms with Crippen LogP contribution in [-0.4, -0.2) is 21.5 Å². The highest BCUT2D eigenvalue weighted by Crippen LogP contribution is 2.14. The Kier molecular flexibility index (Phi) is 7.74. The zero-order valence-corrected chi connectivity index (χ0v) is 11.6. The normalized spacial score (nSPS) is 10.9. The predicted molar refractivity (Wildman–Crippen MR) is 72.2 cm³/mol. The van der Waals surface area contributed by atoms with Crippen molar-refractivity contribution in [2.24, 2.45) is 5.73 Å². The van der Waals surface area contributed by atoms with E-state index in [0.717, 1.165) is 12.8 Å². The first-order valence-electron chi connectivity index (χ1n) is 5.01. The molecule has 0 aromatic heterocycles. The predicted octanol–water partition coefficient (Wildman–Crippen LogP) is 1.78. The van der Waals surface area contributed by atoms with Gasteiger partial charge in [-0.2, -0.15) is 0 Å². The lowest BCUT2D eigenvalue weighted by molar-refractivity contribution is 0.577. The number of hydrogen-bond acceptors (Lipinski definition) is 3. The summed E-state index contributed by atoms with van der Waals surface area (Å²) in [5.41, 5.74) is 5.31. The summed E-state index contributed by atoms with van der Waals surface area (Å²) >= 11 is 5.73. The largest absolute Gasteiger partial charge is 0.330 e. The molecule has 0 spiro atoms. The highest BCUT2D eigenvalue weighted by Gasteiger charge is 2.12. The minimum Gasteiger partial charge on any atom is -0.330 e. The Hall–Kier alpha value is -0.330. The molecule has 1 aromatic carbocycles. The summed E-state index contributed by atoms with van der Waals surface area (Å²) in [6, 6.07) is 6.18. The molecule has 0 bridgehead atoms. The Labute approximate surface area is 113 Å². The number of sulfonamides is 1. The van der Waals surface area contributed by atoms with Gasteiger partial charge in [0, 0.05) is 11.6 Å². The molecule has 0 unspecified atom stereocenters. The van der Waals surface area contributed by atoms with Gasteiger partial charge in [-0.25, -0.2) is 13.1 Å². The van der Waals surface area contributed by atoms with Crippen LogP contribution >= 0.6 is 24.0 Å². The number of nitrogens with two attached hydrogens (primary N) is 1. The van der Waals surface area contributed by atoms with Crippen molar-refractivity contribution < 1.29 is 8.42 Å². The summed E-state index contributed by atoms with van der Waals surface area (Å²) < 4.78 is 26.0. The second kappa shape index (κ2) is 7.89. The van der Waals surface area contributed by atoms with Crippen molar-refractivity contribution >= 4 is 34.0 Å². The molecular formula is C10H16Cl2N2O2S. The molecule has 0 fully saturated rings. The summed E-state index contributed by atoms with van der Waals surface area (Å²) in [7, 11) is -3.44. The van der Waals surface area contributed by atoms with Gasteiger partial charge in [-0.15, -0.1) is 12.4 Å². The molecule has 0 heterocycles. The van der Waals surface area contributed by atoms with Gasteiger partial charge in [0.25, 0.3) is 0 Å². The van der Waals surface area contributed by atoms with E-state index in [2.05, 4.69) is 4.72 Å². The van der Waals surface area contributed by atoms with Gasteiger partial charge in [-0.05, 0) is 37.6 Å². The Morgan fingerprint density at radius 3 is 2.59 bits per heavy atom. The third kappa shape index (κ3) is 5.70. The van der Waals surface area contributed by atoms with Crippen molar-refractivity contribution in [2.75, 3.05) is 13.1 Å². The van der Waals surface area contributed by atoms with E-state index >= 15 is 0 Å². The van der Waals surface area contributed by atoms with Crippen LogP contribution in [0.15, 0.2) is 29.2 Å². The molecule has 0 saturated heterocycles. The van der Waals surface area contributed by atoms with Gasteiger partial charge in [-0.1, -0.05) is 17.7 Å². The fourth-order valence-corrected chi connectivity index (χ4v) is 2.57. The van der Waals surface area contributed by atoms with E-state index in [-0.39, 0.29) is 17.3 Å². The molecule has 7 heteroatoms. The van der Waals surface area contributed by atoms with Gasteiger partial charge in [0.05, 0.1) is 4.90 Å². The molecule has 0 aliphatic carbocycles. The van der Waals surface area contributed by atoms with Gasteiger partial charge >= 0.3 is 0 Å². The van der Waals surface area contributed by atoms with E-state index in [4.69, 9.17) is 17.3 Å². The standard InChI is InChI=1S/C10H15ClN2O2S.ClH/c11-9-4-3-5-10(8-9)16(14,15)13-7-2-1-6-12;/h3-5,8,13H,1-2,6-7,12H2;1H. The van der Waals surface area contributed by atoms with Crippen molar-refractivity contribution in [3.05, 3.63) is 29.3 Å². The van der Waals surface area contributed by atoms with Crippen molar-refractivity contribution in [2.45, 2.75) is 17.7 Å². The maximum Gasteiger partial charge on any atom is 0.240 e. The van der Waals surface area contributed by atoms with Crippen molar-refractivity contribution in [1.29, 1.82) is 0 Å². The monoisotopic (exact) mass is 298 g/mol. The van der Waals surface area contributed by atoms with Crippen LogP contribution in [0.3, 0.4) is 0 Å². The van der Waals surface area contributed by atoms with Crippen molar-refractivity contribution in [3.63, 3.8) is 0 Å². The maximum absolute atomic E-state index is 11.7. The molecule has 1 aromatic rings. The summed E-state index contributed by atoms with van der Waals surface area (Å²) in [6.45, 7) is 0.963. The number of hydrogen-bond donors (Lipinski definition) is 2. The van der Waals surface area contributed by atoms with E-state index in [1.54, 1.807) is 12.1 Å². The lowest BCUT2D eigenvalue weighted by atomic mass is 10.3. The molecule has 0 saturated carbocycles. The third-order valence-corrected chi connectivity index (χ3v) is 3.72. The summed E-state index contributed by atoms with van der Waals surface area (Å²) in [5, 5.41) is 0.407. The van der Waals surface area contributed by atoms with Crippen molar-refractivity contribution in [1.82, 2.24) is 4.72 Å². The Bertz CT molecular complexity index is 438. The first-order chi connectivity index (χ1) is 7.56. The van der Waals surface area contributed by atoms with E-state index in [0.29, 0.717) is 18.1 Å². The zero-order chi connectivity index (χ0) is 12.0. The van der Waals surface area contributed by atoms with Crippen LogP contribution in [0.2, 0.25) is 5.02 Å². The van der Waals surface area contributed by atoms with Gasteiger partial charge in [-0.3, -0.25) is 0 Å². The molecule has 3 N–H and O–H groups in total. The first-order valence-corrected chi connectivity index (χ1v) is 6.87. The van der Waals surface area contributed by atoms with E-state index < -0.39 is 10.0 Å². The molecule has 0 atom stereocenters. The van der Waals surface area contributed by atoms with Crippen LogP contribution in [0.4, 0.5) is 0 Å². The van der Waals surface area contributed by atoms with Gasteiger partial charge in [0.15, 0.2) is 0 Å². The smallest absolute Gasteiger partial charge is 0.240 e. The second-order valence-corrected chi connectivity index (χ2v) is 5.55. The summed E-state index contributed by atoms with van der Waals surface area (Å²) in [4.78, 5) is 0.188. The fourth-order valence-electron chi connectivity index (χ4n) is 1.19. The number of unbranched alkanes of at least 4 members (excludes halogenated alkanes) is 1. The highest BCUT2D eigenvalue weighted by molar-refractivity contribution is 7.89. The fraction of sp³-hybridized carbons (Fsp3) is 0.400. The maximum atomic E-state index is 11.7. The molecule has 0 aliphatic rings. The van der Waals surface area contributed by atoms with Crippen LogP contribution < -0.4 is 10.5 Å². The van der Waals surface area contributed by atoms with Crippen molar-refractivity contribution in [3.8, 4) is 0 Å². The van der Waals surface area contributed by atoms with Crippen LogP contribution in [0.5, 0.6) is 0 Å². The molecule has 4 nitrogen and oxygen atoms in total. The van der Waals surface area contributed by atoms with E-state index in [1.165, 1.54) is 12.1 Å². The molecular weight excluding hydrogens is 283 g/mol. The van der Waals surface area contributed by atoms with E-state index in [9.17, 15) is 8.42 Å². The average Bonchev–Trinajstić information content (AvgIpc) is 2.24. The summed E-state index contributed by atoms with van der Waals surface area (Å²) in [6.07, 6.45) is 1.54. The molecule has 0 aliphatic heterocycles. The minimum atomic E-state index is -3.44. The SMILES string of the molecule is Cl.NCCCCNS(=O)(=O)c1cccc(Cl)c1. The lowest BCUT2D eigenvalue weighted by Crippen LogP contribution is -2.25. The molecule has 98 valence electrons. The molecule has 0 radical (unpaired) electrons. The third-order valence-electron chi connectivity index (χ3n) is 2.03. The molecule has 17 heavy (non-hydrogen) atoms. The van der Waals surface area contributed by atoms with E-state index in [1.807, 2.05) is 0 Å². The van der Waals surface area contributed by atoms with Crippen LogP contribution in [0.1, 0.15) is 12.8 Å². The Morgan fingerprint density at radius 1 is 1.29 bits per heavy atom. The van der Waals surface area contributed by atoms with Crippen LogP contribution in [-0.2, 0) is 10.0 Å². The lowest BCUT2D eigenvalue weighted by Gasteiger charge is -2.06. The zero-order valence-electron chi connectivity index (χ0n) is 9.23. The van der Waals surface area contributed by atoms with Gasteiger partial charge in [0.1, 0.15) is 0 Å². The second-order valence-electron chi connectivity index (χ2n) is 3.35. The number of benzene rings is 1. The van der Waals surface area contributed by atoms with Crippen LogP contribution in [0.25, 0.3) is 0 Å². The topological polar surface area (TPSA) is 72.2 Å². The quantitative estimate of drug-likeness (QED) is 0.786. The van der Waals surface area contributed by atoms with Crippen LogP contribution in [0, 0.1) is 0 Å². The first kappa shape index (κ1) is 16.7. The Balaban J connectivity index is 0.00000256. The molecule has 1 rings (SSSR count).